The Morgan fingerprint density at radius 2 is 2.35 bits per heavy atom. The quantitative estimate of drug-likeness (QED) is 0.918. The molecule has 1 aromatic rings. The van der Waals surface area contributed by atoms with Gasteiger partial charge in [0.2, 0.25) is 5.91 Å². The molecule has 2 unspecified atom stereocenters. The summed E-state index contributed by atoms with van der Waals surface area (Å²) < 4.78 is 13.2. The number of amides is 1. The molecule has 1 aromatic carbocycles. The molecule has 1 aliphatic heterocycles. The fourth-order valence-electron chi connectivity index (χ4n) is 2.77. The number of benzene rings is 1. The number of nitrogens with zero attached hydrogens (tertiary/aromatic N) is 1. The summed E-state index contributed by atoms with van der Waals surface area (Å²) >= 11 is 0. The van der Waals surface area contributed by atoms with Gasteiger partial charge in [0, 0.05) is 19.2 Å². The molecule has 110 valence electrons. The van der Waals surface area contributed by atoms with E-state index in [9.17, 15) is 9.18 Å². The Kier molecular flexibility index (Phi) is 5.12. The van der Waals surface area contributed by atoms with Crippen molar-refractivity contribution in [3.8, 4) is 0 Å². The van der Waals surface area contributed by atoms with E-state index in [1.807, 2.05) is 0 Å². The minimum absolute atomic E-state index is 0.0497. The van der Waals surface area contributed by atoms with Gasteiger partial charge in [0.15, 0.2) is 0 Å². The Balaban J connectivity index is 1.93. The Bertz CT molecular complexity index is 458. The molecule has 1 aliphatic rings. The van der Waals surface area contributed by atoms with Crippen molar-refractivity contribution in [2.75, 3.05) is 25.0 Å². The van der Waals surface area contributed by atoms with Crippen molar-refractivity contribution in [2.45, 2.75) is 26.2 Å². The Morgan fingerprint density at radius 3 is 3.00 bits per heavy atom. The largest absolute Gasteiger partial charge is 0.316 e. The molecule has 1 fully saturated rings. The molecule has 1 N–H and O–H groups in total. The van der Waals surface area contributed by atoms with E-state index in [1.165, 1.54) is 25.0 Å². The molecule has 0 bridgehead atoms. The summed E-state index contributed by atoms with van der Waals surface area (Å²) in [7, 11) is 1.71. The maximum Gasteiger partial charge on any atom is 0.226 e. The second kappa shape index (κ2) is 6.84. The SMILES string of the molecule is CC(CC(=O)N(C)c1cccc(F)c1)C1CCCNC1. The number of halogens is 1. The summed E-state index contributed by atoms with van der Waals surface area (Å²) in [6.45, 7) is 4.22. The van der Waals surface area contributed by atoms with Gasteiger partial charge in [0.05, 0.1) is 0 Å². The van der Waals surface area contributed by atoms with E-state index in [4.69, 9.17) is 0 Å². The highest BCUT2D eigenvalue weighted by Crippen LogP contribution is 2.24. The highest BCUT2D eigenvalue weighted by molar-refractivity contribution is 5.92. The topological polar surface area (TPSA) is 32.3 Å². The summed E-state index contributed by atoms with van der Waals surface area (Å²) in [5.74, 6) is 0.653. The first-order valence-corrected chi connectivity index (χ1v) is 7.30. The van der Waals surface area contributed by atoms with Crippen LogP contribution in [0.3, 0.4) is 0 Å². The van der Waals surface area contributed by atoms with Crippen LogP contribution in [-0.2, 0) is 4.79 Å². The first-order chi connectivity index (χ1) is 9.58. The van der Waals surface area contributed by atoms with Crippen LogP contribution in [0.25, 0.3) is 0 Å². The zero-order valence-electron chi connectivity index (χ0n) is 12.2. The first-order valence-electron chi connectivity index (χ1n) is 7.30. The normalized spacial score (nSPS) is 20.4. The average molecular weight is 278 g/mol. The Morgan fingerprint density at radius 1 is 1.55 bits per heavy atom. The van der Waals surface area contributed by atoms with E-state index in [1.54, 1.807) is 24.1 Å². The predicted molar refractivity (Wildman–Crippen MR) is 79.2 cm³/mol. The number of piperidine rings is 1. The fourth-order valence-corrected chi connectivity index (χ4v) is 2.77. The van der Waals surface area contributed by atoms with E-state index in [-0.39, 0.29) is 11.7 Å². The van der Waals surface area contributed by atoms with Crippen LogP contribution in [0.1, 0.15) is 26.2 Å². The zero-order chi connectivity index (χ0) is 14.5. The van der Waals surface area contributed by atoms with Crippen LogP contribution in [-0.4, -0.2) is 26.0 Å². The van der Waals surface area contributed by atoms with Gasteiger partial charge in [0.25, 0.3) is 0 Å². The van der Waals surface area contributed by atoms with Gasteiger partial charge in [-0.2, -0.15) is 0 Å². The van der Waals surface area contributed by atoms with Crippen LogP contribution in [0.2, 0.25) is 0 Å². The minimum atomic E-state index is -0.313. The van der Waals surface area contributed by atoms with Gasteiger partial charge < -0.3 is 10.2 Å². The van der Waals surface area contributed by atoms with E-state index >= 15 is 0 Å². The number of carbonyl (C=O) groups excluding carboxylic acids is 1. The average Bonchev–Trinajstić information content (AvgIpc) is 2.47. The van der Waals surface area contributed by atoms with E-state index in [0.29, 0.717) is 23.9 Å². The van der Waals surface area contributed by atoms with Gasteiger partial charge in [-0.3, -0.25) is 4.79 Å². The Hall–Kier alpha value is -1.42. The molecule has 1 saturated heterocycles. The molecule has 0 radical (unpaired) electrons. The zero-order valence-corrected chi connectivity index (χ0v) is 12.2. The molecule has 4 heteroatoms. The van der Waals surface area contributed by atoms with Crippen molar-refractivity contribution >= 4 is 11.6 Å². The lowest BCUT2D eigenvalue weighted by Crippen LogP contribution is -2.36. The third kappa shape index (κ3) is 3.79. The predicted octanol–water partition coefficient (Wildman–Crippen LogP) is 2.81. The summed E-state index contributed by atoms with van der Waals surface area (Å²) in [5, 5.41) is 3.38. The molecule has 2 atom stereocenters. The number of carbonyl (C=O) groups is 1. The minimum Gasteiger partial charge on any atom is -0.316 e. The maximum atomic E-state index is 13.2. The van der Waals surface area contributed by atoms with Crippen LogP contribution in [0.15, 0.2) is 24.3 Å². The highest BCUT2D eigenvalue weighted by Gasteiger charge is 2.23. The van der Waals surface area contributed by atoms with E-state index in [0.717, 1.165) is 13.1 Å². The fraction of sp³-hybridized carbons (Fsp3) is 0.562. The van der Waals surface area contributed by atoms with Gasteiger partial charge in [-0.05, 0) is 56.0 Å². The van der Waals surface area contributed by atoms with Gasteiger partial charge in [-0.25, -0.2) is 4.39 Å². The lowest BCUT2D eigenvalue weighted by atomic mass is 9.85. The van der Waals surface area contributed by atoms with Gasteiger partial charge >= 0.3 is 0 Å². The monoisotopic (exact) mass is 278 g/mol. The number of hydrogen-bond acceptors (Lipinski definition) is 2. The van der Waals surface area contributed by atoms with Crippen molar-refractivity contribution in [3.63, 3.8) is 0 Å². The molecule has 0 saturated carbocycles. The Labute approximate surface area is 120 Å². The van der Waals surface area contributed by atoms with Gasteiger partial charge in [-0.1, -0.05) is 13.0 Å². The van der Waals surface area contributed by atoms with Crippen molar-refractivity contribution in [1.29, 1.82) is 0 Å². The van der Waals surface area contributed by atoms with E-state index < -0.39 is 0 Å². The summed E-state index contributed by atoms with van der Waals surface area (Å²) in [6, 6.07) is 6.17. The van der Waals surface area contributed by atoms with Gasteiger partial charge in [0.1, 0.15) is 5.82 Å². The lowest BCUT2D eigenvalue weighted by molar-refractivity contribution is -0.119. The van der Waals surface area contributed by atoms with Crippen molar-refractivity contribution < 1.29 is 9.18 Å². The highest BCUT2D eigenvalue weighted by atomic mass is 19.1. The number of rotatable bonds is 4. The molecule has 0 spiro atoms. The summed E-state index contributed by atoms with van der Waals surface area (Å²) in [5.41, 5.74) is 0.615. The summed E-state index contributed by atoms with van der Waals surface area (Å²) in [4.78, 5) is 13.8. The second-order valence-electron chi connectivity index (χ2n) is 5.72. The number of hydrogen-bond donors (Lipinski definition) is 1. The standard InChI is InChI=1S/C16H23FN2O/c1-12(13-5-4-8-18-11-13)9-16(20)19(2)15-7-3-6-14(17)10-15/h3,6-7,10,12-13,18H,4-5,8-9,11H2,1-2H3. The molecular formula is C16H23FN2O. The van der Waals surface area contributed by atoms with Crippen molar-refractivity contribution in [2.24, 2.45) is 11.8 Å². The molecule has 1 amide bonds. The van der Waals surface area contributed by atoms with Gasteiger partial charge in [-0.15, -0.1) is 0 Å². The molecule has 2 rings (SSSR count). The smallest absolute Gasteiger partial charge is 0.226 e. The number of nitrogens with one attached hydrogen (secondary N) is 1. The first kappa shape index (κ1) is 15.0. The van der Waals surface area contributed by atoms with E-state index in [2.05, 4.69) is 12.2 Å². The molecule has 3 nitrogen and oxygen atoms in total. The van der Waals surface area contributed by atoms with Crippen molar-refractivity contribution in [3.05, 3.63) is 30.1 Å². The van der Waals surface area contributed by atoms with Crippen LogP contribution in [0, 0.1) is 17.7 Å². The van der Waals surface area contributed by atoms with Crippen LogP contribution in [0.4, 0.5) is 10.1 Å². The van der Waals surface area contributed by atoms with Crippen LogP contribution in [0.5, 0.6) is 0 Å². The van der Waals surface area contributed by atoms with Crippen LogP contribution < -0.4 is 10.2 Å². The number of anilines is 1. The maximum absolute atomic E-state index is 13.2. The third-order valence-corrected chi connectivity index (χ3v) is 4.21. The molecule has 0 aromatic heterocycles. The lowest BCUT2D eigenvalue weighted by Gasteiger charge is -2.29. The second-order valence-corrected chi connectivity index (χ2v) is 5.72. The molecule has 20 heavy (non-hydrogen) atoms. The molecule has 1 heterocycles. The molecule has 0 aliphatic carbocycles. The van der Waals surface area contributed by atoms with Crippen molar-refractivity contribution in [1.82, 2.24) is 5.32 Å². The molecular weight excluding hydrogens is 255 g/mol. The third-order valence-electron chi connectivity index (χ3n) is 4.21. The van der Waals surface area contributed by atoms with Crippen LogP contribution >= 0.6 is 0 Å². The summed E-state index contributed by atoms with van der Waals surface area (Å²) in [6.07, 6.45) is 2.88.